The normalized spacial score (nSPS) is 14.6. The maximum absolute atomic E-state index is 12.7. The second-order valence-electron chi connectivity index (χ2n) is 6.58. The Bertz CT molecular complexity index is 1230. The van der Waals surface area contributed by atoms with E-state index in [1.165, 1.54) is 6.92 Å². The molecule has 2 aromatic carbocycles. The van der Waals surface area contributed by atoms with E-state index in [0.717, 1.165) is 0 Å². The van der Waals surface area contributed by atoms with E-state index in [0.29, 0.717) is 33.4 Å². The molecule has 27 heavy (non-hydrogen) atoms. The quantitative estimate of drug-likeness (QED) is 0.521. The van der Waals surface area contributed by atoms with Gasteiger partial charge in [0.25, 0.3) is 0 Å². The van der Waals surface area contributed by atoms with Gasteiger partial charge in [0.05, 0.1) is 33.9 Å². The molecule has 0 saturated carbocycles. The molecule has 0 amide bonds. The third-order valence-corrected chi connectivity index (χ3v) is 4.91. The van der Waals surface area contributed by atoms with Crippen LogP contribution in [-0.2, 0) is 0 Å². The zero-order chi connectivity index (χ0) is 18.7. The van der Waals surface area contributed by atoms with Crippen molar-refractivity contribution >= 4 is 21.9 Å². The Morgan fingerprint density at radius 2 is 1.26 bits per heavy atom. The number of aliphatic hydroxyl groups is 1. The number of rotatable bonds is 1. The molecule has 134 valence electrons. The highest BCUT2D eigenvalue weighted by Gasteiger charge is 2.39. The molecule has 6 nitrogen and oxygen atoms in total. The van der Waals surface area contributed by atoms with Crippen LogP contribution in [0, 0.1) is 0 Å². The number of aliphatic hydroxyl groups excluding tert-OH is 1. The van der Waals surface area contributed by atoms with Gasteiger partial charge in [-0.05, 0) is 31.2 Å². The van der Waals surface area contributed by atoms with E-state index in [2.05, 4.69) is 0 Å². The third-order valence-electron chi connectivity index (χ3n) is 4.91. The van der Waals surface area contributed by atoms with Gasteiger partial charge in [-0.25, -0.2) is 9.59 Å². The van der Waals surface area contributed by atoms with Crippen LogP contribution in [0.1, 0.15) is 24.0 Å². The van der Waals surface area contributed by atoms with Crippen molar-refractivity contribution in [2.75, 3.05) is 0 Å². The fourth-order valence-electron chi connectivity index (χ4n) is 3.76. The van der Waals surface area contributed by atoms with E-state index in [-0.39, 0.29) is 11.1 Å². The van der Waals surface area contributed by atoms with Crippen molar-refractivity contribution in [2.24, 2.45) is 0 Å². The summed E-state index contributed by atoms with van der Waals surface area (Å²) in [5.74, 6) is -0.308. The second kappa shape index (κ2) is 5.56. The number of hydrogen-bond donors (Lipinski definition) is 1. The fraction of sp³-hybridized carbons (Fsp3) is 0.143. The molecule has 1 N–H and O–H groups in total. The molecule has 0 saturated heterocycles. The van der Waals surface area contributed by atoms with Gasteiger partial charge in [-0.15, -0.1) is 0 Å². The Hall–Kier alpha value is -3.38. The number of benzene rings is 2. The maximum atomic E-state index is 12.7. The molecule has 1 atom stereocenters. The molecule has 3 heterocycles. The SMILES string of the molecule is CC(O)C1c2c(c3ccccc3oc2=O)Oc2c1c(=O)oc1ccccc21. The summed E-state index contributed by atoms with van der Waals surface area (Å²) in [6, 6.07) is 14.0. The molecular formula is C21H14O6. The van der Waals surface area contributed by atoms with Crippen molar-refractivity contribution < 1.29 is 18.7 Å². The lowest BCUT2D eigenvalue weighted by atomic mass is 9.85. The van der Waals surface area contributed by atoms with Gasteiger partial charge in [0.1, 0.15) is 22.7 Å². The first-order chi connectivity index (χ1) is 13.1. The van der Waals surface area contributed by atoms with Crippen LogP contribution in [0.5, 0.6) is 11.5 Å². The Balaban J connectivity index is 1.96. The van der Waals surface area contributed by atoms with Crippen molar-refractivity contribution in [3.8, 4) is 11.5 Å². The highest BCUT2D eigenvalue weighted by atomic mass is 16.5. The van der Waals surface area contributed by atoms with Crippen LogP contribution in [0.15, 0.2) is 67.0 Å². The molecule has 0 aliphatic carbocycles. The lowest BCUT2D eigenvalue weighted by molar-refractivity contribution is 0.167. The summed E-state index contributed by atoms with van der Waals surface area (Å²) < 4.78 is 16.9. The zero-order valence-electron chi connectivity index (χ0n) is 14.3. The average Bonchev–Trinajstić information content (AvgIpc) is 2.66. The van der Waals surface area contributed by atoms with Gasteiger partial charge < -0.3 is 18.7 Å². The molecule has 1 aliphatic rings. The summed E-state index contributed by atoms with van der Waals surface area (Å²) >= 11 is 0. The molecule has 1 unspecified atom stereocenters. The topological polar surface area (TPSA) is 89.9 Å². The van der Waals surface area contributed by atoms with E-state index in [1.54, 1.807) is 48.5 Å². The third kappa shape index (κ3) is 2.17. The first-order valence-corrected chi connectivity index (χ1v) is 8.53. The number of hydrogen-bond acceptors (Lipinski definition) is 6. The van der Waals surface area contributed by atoms with E-state index in [9.17, 15) is 14.7 Å². The molecular weight excluding hydrogens is 348 g/mol. The minimum atomic E-state index is -1.03. The molecule has 0 bridgehead atoms. The largest absolute Gasteiger partial charge is 0.455 e. The highest BCUT2D eigenvalue weighted by molar-refractivity contribution is 5.90. The minimum absolute atomic E-state index is 0.124. The lowest BCUT2D eigenvalue weighted by Gasteiger charge is -2.28. The molecule has 0 radical (unpaired) electrons. The summed E-state index contributed by atoms with van der Waals surface area (Å²) in [6.45, 7) is 1.52. The Kier molecular flexibility index (Phi) is 3.26. The smallest absolute Gasteiger partial charge is 0.343 e. The first-order valence-electron chi connectivity index (χ1n) is 8.53. The Morgan fingerprint density at radius 1 is 0.815 bits per heavy atom. The van der Waals surface area contributed by atoms with E-state index < -0.39 is 23.3 Å². The second-order valence-corrected chi connectivity index (χ2v) is 6.58. The monoisotopic (exact) mass is 362 g/mol. The highest BCUT2D eigenvalue weighted by Crippen LogP contribution is 2.48. The van der Waals surface area contributed by atoms with E-state index in [1.807, 2.05) is 0 Å². The summed E-state index contributed by atoms with van der Waals surface area (Å²) in [6.07, 6.45) is -1.03. The molecule has 2 aromatic heterocycles. The van der Waals surface area contributed by atoms with Crippen LogP contribution in [0.3, 0.4) is 0 Å². The van der Waals surface area contributed by atoms with Gasteiger partial charge in [0, 0.05) is 0 Å². The lowest BCUT2D eigenvalue weighted by Crippen LogP contribution is -2.31. The average molecular weight is 362 g/mol. The number of fused-ring (bicyclic) bond motifs is 6. The van der Waals surface area contributed by atoms with Crippen LogP contribution in [-0.4, -0.2) is 11.2 Å². The predicted octanol–water partition coefficient (Wildman–Crippen LogP) is 3.52. The molecule has 0 spiro atoms. The predicted molar refractivity (Wildman–Crippen MR) is 98.6 cm³/mol. The minimum Gasteiger partial charge on any atom is -0.455 e. The molecule has 6 heteroatoms. The van der Waals surface area contributed by atoms with Crippen molar-refractivity contribution in [1.29, 1.82) is 0 Å². The van der Waals surface area contributed by atoms with Gasteiger partial charge in [-0.1, -0.05) is 24.3 Å². The molecule has 0 fully saturated rings. The molecule has 5 rings (SSSR count). The zero-order valence-corrected chi connectivity index (χ0v) is 14.3. The molecule has 1 aliphatic heterocycles. The fourth-order valence-corrected chi connectivity index (χ4v) is 3.76. The van der Waals surface area contributed by atoms with Crippen LogP contribution in [0.4, 0.5) is 0 Å². The van der Waals surface area contributed by atoms with Gasteiger partial charge in [0.2, 0.25) is 0 Å². The van der Waals surface area contributed by atoms with Gasteiger partial charge in [0.15, 0.2) is 0 Å². The van der Waals surface area contributed by atoms with Crippen molar-refractivity contribution in [3.05, 3.63) is 80.5 Å². The molecule has 4 aromatic rings. The standard InChI is InChI=1S/C21H14O6/c1-10(22)15-16-18(11-6-2-4-8-13(11)25-20(16)23)27-19-12-7-3-5-9-14(12)26-21(24)17(15)19/h2-10,15,22H,1H3. The Morgan fingerprint density at radius 3 is 1.70 bits per heavy atom. The Labute approximate surface area is 152 Å². The van der Waals surface area contributed by atoms with Crippen LogP contribution in [0.25, 0.3) is 21.9 Å². The van der Waals surface area contributed by atoms with Crippen LogP contribution in [0.2, 0.25) is 0 Å². The van der Waals surface area contributed by atoms with Crippen molar-refractivity contribution in [1.82, 2.24) is 0 Å². The van der Waals surface area contributed by atoms with E-state index >= 15 is 0 Å². The summed E-state index contributed by atoms with van der Waals surface area (Å²) in [4.78, 5) is 25.4. The summed E-state index contributed by atoms with van der Waals surface area (Å²) in [7, 11) is 0. The maximum Gasteiger partial charge on any atom is 0.343 e. The number of ether oxygens (including phenoxy) is 1. The van der Waals surface area contributed by atoms with Gasteiger partial charge in [-0.3, -0.25) is 0 Å². The van der Waals surface area contributed by atoms with Crippen LogP contribution >= 0.6 is 0 Å². The summed E-state index contributed by atoms with van der Waals surface area (Å²) in [5.41, 5.74) is -0.291. The van der Waals surface area contributed by atoms with Gasteiger partial charge >= 0.3 is 11.3 Å². The van der Waals surface area contributed by atoms with Gasteiger partial charge in [-0.2, -0.15) is 0 Å². The number of para-hydroxylation sites is 2. The van der Waals surface area contributed by atoms with Crippen molar-refractivity contribution in [2.45, 2.75) is 18.9 Å². The van der Waals surface area contributed by atoms with Crippen LogP contribution < -0.4 is 16.0 Å². The van der Waals surface area contributed by atoms with E-state index in [4.69, 9.17) is 13.6 Å². The van der Waals surface area contributed by atoms with Crippen molar-refractivity contribution in [3.63, 3.8) is 0 Å². The summed E-state index contributed by atoms with van der Waals surface area (Å²) in [5, 5.41) is 11.6. The first kappa shape index (κ1) is 15.8.